The second-order valence-corrected chi connectivity index (χ2v) is 4.07. The fourth-order valence-corrected chi connectivity index (χ4v) is 1.40. The molecule has 1 aromatic heterocycles. The molecule has 0 aliphatic heterocycles. The predicted molar refractivity (Wildman–Crippen MR) is 60.7 cm³/mol. The van der Waals surface area contributed by atoms with Gasteiger partial charge in [-0.25, -0.2) is 4.79 Å². The molecule has 92 valence electrons. The highest BCUT2D eigenvalue weighted by atomic mass is 16.4. The van der Waals surface area contributed by atoms with Crippen LogP contribution < -0.4 is 4.90 Å². The van der Waals surface area contributed by atoms with Crippen LogP contribution in [0.4, 0.5) is 6.01 Å². The van der Waals surface area contributed by atoms with Crippen molar-refractivity contribution in [2.24, 2.45) is 5.92 Å². The third-order valence-electron chi connectivity index (χ3n) is 2.06. The number of hydrogen-bond donors (Lipinski definition) is 1. The molecule has 0 saturated heterocycles. The first-order chi connectivity index (χ1) is 8.04. The molecular formula is C11H15N3O3. The van der Waals surface area contributed by atoms with E-state index in [-0.39, 0.29) is 11.7 Å². The summed E-state index contributed by atoms with van der Waals surface area (Å²) in [6.45, 7) is 5.20. The summed E-state index contributed by atoms with van der Waals surface area (Å²) in [7, 11) is 0. The van der Waals surface area contributed by atoms with Gasteiger partial charge in [0, 0.05) is 13.1 Å². The van der Waals surface area contributed by atoms with Crippen LogP contribution >= 0.6 is 0 Å². The lowest BCUT2D eigenvalue weighted by molar-refractivity contribution is 0.0690. The van der Waals surface area contributed by atoms with Crippen LogP contribution in [-0.2, 0) is 0 Å². The van der Waals surface area contributed by atoms with E-state index >= 15 is 0 Å². The Labute approximate surface area is 99.5 Å². The van der Waals surface area contributed by atoms with Gasteiger partial charge in [0.05, 0.1) is 12.5 Å². The Morgan fingerprint density at radius 2 is 2.41 bits per heavy atom. The second-order valence-electron chi connectivity index (χ2n) is 4.07. The highest BCUT2D eigenvalue weighted by molar-refractivity contribution is 5.85. The fraction of sp³-hybridized carbons (Fsp3) is 0.545. The molecule has 0 aliphatic carbocycles. The molecular weight excluding hydrogens is 222 g/mol. The first-order valence-electron chi connectivity index (χ1n) is 5.35. The zero-order chi connectivity index (χ0) is 12.8. The van der Waals surface area contributed by atoms with Gasteiger partial charge in [0.25, 0.3) is 6.01 Å². The molecule has 0 saturated carbocycles. The van der Waals surface area contributed by atoms with Gasteiger partial charge in [-0.05, 0) is 5.92 Å². The van der Waals surface area contributed by atoms with Crippen molar-refractivity contribution in [3.8, 4) is 6.07 Å². The van der Waals surface area contributed by atoms with Gasteiger partial charge >= 0.3 is 5.97 Å². The Morgan fingerprint density at radius 1 is 1.71 bits per heavy atom. The van der Waals surface area contributed by atoms with Crippen LogP contribution in [0.15, 0.2) is 10.7 Å². The van der Waals surface area contributed by atoms with E-state index in [9.17, 15) is 4.79 Å². The quantitative estimate of drug-likeness (QED) is 0.810. The van der Waals surface area contributed by atoms with E-state index in [1.54, 1.807) is 4.90 Å². The number of rotatable bonds is 6. The largest absolute Gasteiger partial charge is 0.476 e. The van der Waals surface area contributed by atoms with Gasteiger partial charge < -0.3 is 14.4 Å². The van der Waals surface area contributed by atoms with Crippen LogP contribution in [0, 0.1) is 17.2 Å². The number of nitriles is 1. The van der Waals surface area contributed by atoms with E-state index in [0.717, 1.165) is 6.26 Å². The normalized spacial score (nSPS) is 10.2. The number of aromatic carboxylic acids is 1. The number of hydrogen-bond acceptors (Lipinski definition) is 5. The zero-order valence-electron chi connectivity index (χ0n) is 9.88. The molecule has 0 aliphatic rings. The minimum absolute atomic E-state index is 0.120. The Hall–Kier alpha value is -2.03. The minimum Gasteiger partial charge on any atom is -0.476 e. The third-order valence-corrected chi connectivity index (χ3v) is 2.06. The summed E-state index contributed by atoms with van der Waals surface area (Å²) in [6.07, 6.45) is 1.45. The van der Waals surface area contributed by atoms with Crippen molar-refractivity contribution < 1.29 is 14.3 Å². The van der Waals surface area contributed by atoms with Gasteiger partial charge in [0.15, 0.2) is 5.69 Å². The monoisotopic (exact) mass is 237 g/mol. The summed E-state index contributed by atoms with van der Waals surface area (Å²) in [6, 6.07) is 2.30. The van der Waals surface area contributed by atoms with Gasteiger partial charge in [-0.2, -0.15) is 10.2 Å². The molecule has 1 aromatic rings. The van der Waals surface area contributed by atoms with E-state index in [0.29, 0.717) is 25.4 Å². The van der Waals surface area contributed by atoms with E-state index < -0.39 is 5.97 Å². The molecule has 6 nitrogen and oxygen atoms in total. The van der Waals surface area contributed by atoms with Gasteiger partial charge in [-0.1, -0.05) is 13.8 Å². The van der Waals surface area contributed by atoms with E-state index in [1.807, 2.05) is 19.9 Å². The highest BCUT2D eigenvalue weighted by Crippen LogP contribution is 2.15. The Kier molecular flexibility index (Phi) is 4.52. The van der Waals surface area contributed by atoms with Crippen molar-refractivity contribution >= 4 is 12.0 Å². The number of aromatic nitrogens is 1. The molecule has 0 fully saturated rings. The standard InChI is InChI=1S/C11H15N3O3/c1-8(2)6-14(5-3-4-12)11-13-9(7-17-11)10(15)16/h7-8H,3,5-6H2,1-2H3,(H,15,16). The maximum atomic E-state index is 10.7. The minimum atomic E-state index is -1.12. The van der Waals surface area contributed by atoms with E-state index in [2.05, 4.69) is 4.98 Å². The highest BCUT2D eigenvalue weighted by Gasteiger charge is 2.16. The molecule has 0 atom stereocenters. The summed E-state index contributed by atoms with van der Waals surface area (Å²) in [4.78, 5) is 16.3. The average molecular weight is 237 g/mol. The van der Waals surface area contributed by atoms with Crippen molar-refractivity contribution in [1.29, 1.82) is 5.26 Å². The second kappa shape index (κ2) is 5.89. The number of carboxylic acid groups (broad SMARTS) is 1. The van der Waals surface area contributed by atoms with Gasteiger partial charge in [-0.3, -0.25) is 0 Å². The number of carboxylic acids is 1. The number of anilines is 1. The predicted octanol–water partition coefficient (Wildman–Crippen LogP) is 1.75. The lowest BCUT2D eigenvalue weighted by Crippen LogP contribution is -2.28. The molecule has 1 heterocycles. The zero-order valence-corrected chi connectivity index (χ0v) is 9.88. The van der Waals surface area contributed by atoms with E-state index in [4.69, 9.17) is 14.8 Å². The number of carbonyl (C=O) groups is 1. The molecule has 0 bridgehead atoms. The van der Waals surface area contributed by atoms with Crippen molar-refractivity contribution in [3.05, 3.63) is 12.0 Å². The summed E-state index contributed by atoms with van der Waals surface area (Å²) in [5.41, 5.74) is -0.120. The third kappa shape index (κ3) is 3.79. The molecule has 17 heavy (non-hydrogen) atoms. The van der Waals surface area contributed by atoms with Crippen molar-refractivity contribution in [3.63, 3.8) is 0 Å². The summed E-state index contributed by atoms with van der Waals surface area (Å²) >= 11 is 0. The lowest BCUT2D eigenvalue weighted by atomic mass is 10.2. The Morgan fingerprint density at radius 3 is 2.88 bits per heavy atom. The van der Waals surface area contributed by atoms with Crippen LogP contribution in [0.25, 0.3) is 0 Å². The van der Waals surface area contributed by atoms with Crippen LogP contribution in [-0.4, -0.2) is 29.1 Å². The number of nitrogens with zero attached hydrogens (tertiary/aromatic N) is 3. The van der Waals surface area contributed by atoms with Gasteiger partial charge in [-0.15, -0.1) is 0 Å². The topological polar surface area (TPSA) is 90.4 Å². The molecule has 0 aromatic carbocycles. The van der Waals surface area contributed by atoms with E-state index in [1.165, 1.54) is 0 Å². The lowest BCUT2D eigenvalue weighted by Gasteiger charge is -2.21. The number of oxazole rings is 1. The molecule has 0 amide bonds. The van der Waals surface area contributed by atoms with Crippen molar-refractivity contribution in [2.75, 3.05) is 18.0 Å². The maximum absolute atomic E-state index is 10.7. The summed E-state index contributed by atoms with van der Waals surface area (Å²) < 4.78 is 5.11. The van der Waals surface area contributed by atoms with Gasteiger partial charge in [0.1, 0.15) is 6.26 Å². The molecule has 1 N–H and O–H groups in total. The molecule has 0 radical (unpaired) electrons. The van der Waals surface area contributed by atoms with Crippen LogP contribution in [0.3, 0.4) is 0 Å². The fourth-order valence-electron chi connectivity index (χ4n) is 1.40. The van der Waals surface area contributed by atoms with Crippen molar-refractivity contribution in [2.45, 2.75) is 20.3 Å². The van der Waals surface area contributed by atoms with Crippen LogP contribution in [0.2, 0.25) is 0 Å². The molecule has 1 rings (SSSR count). The molecule has 6 heteroatoms. The SMILES string of the molecule is CC(C)CN(CCC#N)c1nc(C(=O)O)co1. The van der Waals surface area contributed by atoms with Crippen LogP contribution in [0.5, 0.6) is 0 Å². The average Bonchev–Trinajstić information content (AvgIpc) is 2.72. The first-order valence-corrected chi connectivity index (χ1v) is 5.35. The maximum Gasteiger partial charge on any atom is 0.357 e. The Bertz CT molecular complexity index is 420. The van der Waals surface area contributed by atoms with Crippen molar-refractivity contribution in [1.82, 2.24) is 4.98 Å². The van der Waals surface area contributed by atoms with Crippen LogP contribution in [0.1, 0.15) is 30.8 Å². The summed E-state index contributed by atoms with van der Waals surface area (Å²) in [5, 5.41) is 17.3. The Balaban J connectivity index is 2.80. The smallest absolute Gasteiger partial charge is 0.357 e. The van der Waals surface area contributed by atoms with Gasteiger partial charge in [0.2, 0.25) is 0 Å². The molecule has 0 unspecified atom stereocenters. The first kappa shape index (κ1) is 13.0. The molecule has 0 spiro atoms. The summed E-state index contributed by atoms with van der Waals surface area (Å²) in [5.74, 6) is -0.751.